The van der Waals surface area contributed by atoms with Crippen molar-refractivity contribution in [2.75, 3.05) is 0 Å². The Labute approximate surface area is 244 Å². The third-order valence-electron chi connectivity index (χ3n) is 8.20. The van der Waals surface area contributed by atoms with Gasteiger partial charge in [-0.3, -0.25) is 9.59 Å². The highest BCUT2D eigenvalue weighted by molar-refractivity contribution is 6.74. The third kappa shape index (κ3) is 7.43. The van der Waals surface area contributed by atoms with Crippen LogP contribution in [-0.4, -0.2) is 26.4 Å². The molecule has 0 radical (unpaired) electrons. The molecule has 4 rings (SSSR count). The summed E-state index contributed by atoms with van der Waals surface area (Å²) in [6, 6.07) is 28.1. The second-order valence-corrected chi connectivity index (χ2v) is 17.1. The Morgan fingerprint density at radius 3 is 1.46 bits per heavy atom. The number of benzene rings is 4. The van der Waals surface area contributed by atoms with Gasteiger partial charge in [-0.25, -0.2) is 0 Å². The normalized spacial score (nSPS) is 13.8. The van der Waals surface area contributed by atoms with Gasteiger partial charge >= 0.3 is 11.9 Å². The molecule has 0 unspecified atom stereocenters. The molecule has 0 aliphatic rings. The Morgan fingerprint density at radius 1 is 0.659 bits per heavy atom. The van der Waals surface area contributed by atoms with Crippen molar-refractivity contribution in [3.05, 3.63) is 96.1 Å². The average molecular weight is 571 g/mol. The second kappa shape index (κ2) is 12.6. The third-order valence-corrected chi connectivity index (χ3v) is 12.7. The number of hydrogen-bond acceptors (Lipinski definition) is 5. The summed E-state index contributed by atoms with van der Waals surface area (Å²) in [6.45, 7) is 14.4. The minimum Gasteiger partial charge on any atom is -0.458 e. The lowest BCUT2D eigenvalue weighted by Gasteiger charge is -2.39. The zero-order chi connectivity index (χ0) is 29.8. The van der Waals surface area contributed by atoms with Gasteiger partial charge in [0.15, 0.2) is 8.32 Å². The Balaban J connectivity index is 1.48. The van der Waals surface area contributed by atoms with Gasteiger partial charge in [0.25, 0.3) is 0 Å². The minimum atomic E-state index is -2.30. The highest BCUT2D eigenvalue weighted by atomic mass is 28.4. The maximum atomic E-state index is 13.2. The summed E-state index contributed by atoms with van der Waals surface area (Å²) < 4.78 is 18.4. The van der Waals surface area contributed by atoms with E-state index in [1.807, 2.05) is 98.8 Å². The van der Waals surface area contributed by atoms with Gasteiger partial charge in [0.1, 0.15) is 12.2 Å². The maximum absolute atomic E-state index is 13.2. The molecule has 0 fully saturated rings. The van der Waals surface area contributed by atoms with E-state index in [2.05, 4.69) is 33.9 Å². The van der Waals surface area contributed by atoms with Gasteiger partial charge in [0, 0.05) is 0 Å². The van der Waals surface area contributed by atoms with Crippen LogP contribution in [0.3, 0.4) is 0 Å². The smallest absolute Gasteiger partial charge is 0.308 e. The van der Waals surface area contributed by atoms with E-state index in [9.17, 15) is 9.59 Å². The molecule has 4 aromatic carbocycles. The molecule has 0 aromatic heterocycles. The van der Waals surface area contributed by atoms with E-state index in [-0.39, 0.29) is 17.9 Å². The fourth-order valence-electron chi connectivity index (χ4n) is 4.95. The van der Waals surface area contributed by atoms with E-state index >= 15 is 0 Å². The van der Waals surface area contributed by atoms with E-state index in [0.717, 1.165) is 32.7 Å². The zero-order valence-electron chi connectivity index (χ0n) is 25.3. The molecule has 2 atom stereocenters. The second-order valence-electron chi connectivity index (χ2n) is 12.3. The Bertz CT molecular complexity index is 1410. The van der Waals surface area contributed by atoms with Crippen LogP contribution in [-0.2, 0) is 23.5 Å². The lowest BCUT2D eigenvalue weighted by atomic mass is 10.0. The summed E-state index contributed by atoms with van der Waals surface area (Å²) in [6.07, 6.45) is -1.59. The molecule has 216 valence electrons. The summed E-state index contributed by atoms with van der Waals surface area (Å²) in [5, 5.41) is 4.20. The molecule has 6 heteroatoms. The van der Waals surface area contributed by atoms with E-state index in [0.29, 0.717) is 0 Å². The zero-order valence-corrected chi connectivity index (χ0v) is 26.3. The Morgan fingerprint density at radius 2 is 1.05 bits per heavy atom. The highest BCUT2D eigenvalue weighted by Gasteiger charge is 2.40. The molecule has 0 bridgehead atoms. The molecule has 5 nitrogen and oxygen atoms in total. The van der Waals surface area contributed by atoms with E-state index < -0.39 is 38.6 Å². The van der Waals surface area contributed by atoms with Crippen LogP contribution >= 0.6 is 0 Å². The number of hydrogen-bond donors (Lipinski definition) is 0. The lowest BCUT2D eigenvalue weighted by molar-refractivity contribution is -0.154. The Hall–Kier alpha value is -3.48. The summed E-state index contributed by atoms with van der Waals surface area (Å²) in [5.41, 5.74) is 1.89. The van der Waals surface area contributed by atoms with Crippen LogP contribution in [0.5, 0.6) is 0 Å². The maximum Gasteiger partial charge on any atom is 0.308 e. The van der Waals surface area contributed by atoms with Gasteiger partial charge in [-0.1, -0.05) is 106 Å². The summed E-state index contributed by atoms with van der Waals surface area (Å²) in [5.74, 6) is -0.798. The van der Waals surface area contributed by atoms with Gasteiger partial charge < -0.3 is 13.9 Å². The number of esters is 2. The van der Waals surface area contributed by atoms with E-state index in [1.54, 1.807) is 0 Å². The van der Waals surface area contributed by atoms with Crippen molar-refractivity contribution in [3.63, 3.8) is 0 Å². The molecule has 0 spiro atoms. The first-order valence-electron chi connectivity index (χ1n) is 14.4. The molecular formula is C35H42O5Si. The van der Waals surface area contributed by atoms with Crippen LogP contribution in [0.15, 0.2) is 84.9 Å². The molecule has 41 heavy (non-hydrogen) atoms. The largest absolute Gasteiger partial charge is 0.458 e. The van der Waals surface area contributed by atoms with Crippen molar-refractivity contribution >= 4 is 41.8 Å². The summed E-state index contributed by atoms with van der Waals surface area (Å²) in [4.78, 5) is 26.5. The SMILES string of the molecule is C[C@@H](OC(=O)CC(CC(=O)O[C@H](C)c1cccc2ccccc12)O[Si](C)(C)C(C)(C)C)c1cccc2ccccc12. The predicted octanol–water partition coefficient (Wildman–Crippen LogP) is 9.07. The molecule has 0 heterocycles. The number of carbonyl (C=O) groups is 2. The van der Waals surface area contributed by atoms with Crippen LogP contribution in [0, 0.1) is 0 Å². The van der Waals surface area contributed by atoms with Crippen molar-refractivity contribution in [2.24, 2.45) is 0 Å². The van der Waals surface area contributed by atoms with Crippen molar-refractivity contribution in [1.29, 1.82) is 0 Å². The van der Waals surface area contributed by atoms with Crippen LogP contribution in [0.4, 0.5) is 0 Å². The first-order valence-corrected chi connectivity index (χ1v) is 17.3. The van der Waals surface area contributed by atoms with Gasteiger partial charge in [0.05, 0.1) is 18.9 Å². The summed E-state index contributed by atoms with van der Waals surface area (Å²) >= 11 is 0. The van der Waals surface area contributed by atoms with Gasteiger partial charge in [-0.05, 0) is 64.7 Å². The van der Waals surface area contributed by atoms with E-state index in [4.69, 9.17) is 13.9 Å². The van der Waals surface area contributed by atoms with Gasteiger partial charge in [-0.15, -0.1) is 0 Å². The molecule has 0 saturated heterocycles. The lowest BCUT2D eigenvalue weighted by Crippen LogP contribution is -2.45. The number of ether oxygens (including phenoxy) is 2. The monoisotopic (exact) mass is 570 g/mol. The number of carbonyl (C=O) groups excluding carboxylic acids is 2. The van der Waals surface area contributed by atoms with Crippen LogP contribution in [0.1, 0.15) is 70.8 Å². The van der Waals surface area contributed by atoms with Crippen molar-refractivity contribution < 1.29 is 23.5 Å². The molecule has 0 amide bonds. The van der Waals surface area contributed by atoms with Crippen molar-refractivity contribution in [3.8, 4) is 0 Å². The van der Waals surface area contributed by atoms with E-state index in [1.165, 1.54) is 0 Å². The highest BCUT2D eigenvalue weighted by Crippen LogP contribution is 2.38. The molecule has 0 saturated carbocycles. The summed E-state index contributed by atoms with van der Waals surface area (Å²) in [7, 11) is -2.30. The fraction of sp³-hybridized carbons (Fsp3) is 0.371. The standard InChI is InChI=1S/C35H42O5Si/c1-24(29-20-12-16-26-14-8-10-18-31(26)29)38-33(36)22-28(40-41(6,7)35(3,4)5)23-34(37)39-25(2)30-21-13-17-27-15-9-11-19-32(27)30/h8-21,24-25,28H,22-23H2,1-7H3/t24-,25-/m1/s1. The first kappa shape index (κ1) is 30.5. The van der Waals surface area contributed by atoms with Crippen LogP contribution in [0.2, 0.25) is 18.1 Å². The fourth-order valence-corrected chi connectivity index (χ4v) is 6.30. The van der Waals surface area contributed by atoms with Gasteiger partial charge in [0.2, 0.25) is 0 Å². The Kier molecular flexibility index (Phi) is 9.35. The molecule has 0 N–H and O–H groups in total. The molecule has 0 aliphatic carbocycles. The first-order chi connectivity index (χ1) is 19.4. The molecular weight excluding hydrogens is 528 g/mol. The molecule has 4 aromatic rings. The van der Waals surface area contributed by atoms with Crippen molar-refractivity contribution in [1.82, 2.24) is 0 Å². The van der Waals surface area contributed by atoms with Crippen LogP contribution < -0.4 is 0 Å². The predicted molar refractivity (Wildman–Crippen MR) is 168 cm³/mol. The van der Waals surface area contributed by atoms with Crippen molar-refractivity contribution in [2.45, 2.75) is 83.9 Å². The average Bonchev–Trinajstić information content (AvgIpc) is 2.91. The topological polar surface area (TPSA) is 61.8 Å². The minimum absolute atomic E-state index is 0.0284. The number of rotatable bonds is 10. The molecule has 0 aliphatic heterocycles. The quantitative estimate of drug-likeness (QED) is 0.141. The van der Waals surface area contributed by atoms with Gasteiger partial charge in [-0.2, -0.15) is 0 Å². The van der Waals surface area contributed by atoms with Crippen LogP contribution in [0.25, 0.3) is 21.5 Å². The number of fused-ring (bicyclic) bond motifs is 2.